The van der Waals surface area contributed by atoms with Crippen molar-refractivity contribution in [3.63, 3.8) is 0 Å². The van der Waals surface area contributed by atoms with Crippen LogP contribution in [0.4, 0.5) is 0 Å². The first-order chi connectivity index (χ1) is 8.13. The first-order valence-corrected chi connectivity index (χ1v) is 8.17. The highest BCUT2D eigenvalue weighted by Gasteiger charge is 2.35. The lowest BCUT2D eigenvalue weighted by molar-refractivity contribution is 0.158. The maximum Gasteiger partial charge on any atom is 0.215 e. The van der Waals surface area contributed by atoms with Crippen LogP contribution in [0, 0.1) is 0 Å². The van der Waals surface area contributed by atoms with Gasteiger partial charge < -0.3 is 5.32 Å². The van der Waals surface area contributed by atoms with E-state index in [1.54, 1.807) is 4.31 Å². The quantitative estimate of drug-likeness (QED) is 0.691. The van der Waals surface area contributed by atoms with Crippen LogP contribution in [0.25, 0.3) is 0 Å². The van der Waals surface area contributed by atoms with Crippen molar-refractivity contribution < 1.29 is 8.42 Å². The molecule has 0 saturated carbocycles. The summed E-state index contributed by atoms with van der Waals surface area (Å²) < 4.78 is 25.9. The summed E-state index contributed by atoms with van der Waals surface area (Å²) in [6.07, 6.45) is 2.37. The molecule has 17 heavy (non-hydrogen) atoms. The van der Waals surface area contributed by atoms with Crippen molar-refractivity contribution in [2.75, 3.05) is 45.0 Å². The van der Waals surface area contributed by atoms with E-state index in [-0.39, 0.29) is 5.75 Å². The maximum absolute atomic E-state index is 12.1. The zero-order valence-electron chi connectivity index (χ0n) is 10.6. The molecule has 2 aliphatic rings. The maximum atomic E-state index is 12.1. The van der Waals surface area contributed by atoms with Gasteiger partial charge in [0.15, 0.2) is 0 Å². The number of sulfonamides is 1. The second-order valence-electron chi connectivity index (χ2n) is 4.86. The minimum atomic E-state index is -3.05. The van der Waals surface area contributed by atoms with E-state index in [0.29, 0.717) is 25.7 Å². The number of nitrogens with zero attached hydrogens (tertiary/aromatic N) is 2. The highest BCUT2D eigenvalue weighted by molar-refractivity contribution is 7.89. The standard InChI is InChI=1S/C11H23N3O2S/c1-2-12-5-9-17(15,16)14-8-7-13-6-3-4-11(13)10-14/h11-12H,2-10H2,1H3. The van der Waals surface area contributed by atoms with Gasteiger partial charge >= 0.3 is 0 Å². The summed E-state index contributed by atoms with van der Waals surface area (Å²) in [5.74, 6) is 0.230. The molecular formula is C11H23N3O2S. The molecule has 2 heterocycles. The summed E-state index contributed by atoms with van der Waals surface area (Å²) in [7, 11) is -3.05. The molecule has 1 atom stereocenters. The van der Waals surface area contributed by atoms with Crippen LogP contribution in [0.15, 0.2) is 0 Å². The van der Waals surface area contributed by atoms with Crippen LogP contribution in [-0.2, 0) is 10.0 Å². The molecule has 0 bridgehead atoms. The molecule has 0 aliphatic carbocycles. The van der Waals surface area contributed by atoms with E-state index in [1.807, 2.05) is 6.92 Å². The Bertz CT molecular complexity index is 345. The molecule has 1 N–H and O–H groups in total. The first-order valence-electron chi connectivity index (χ1n) is 6.56. The molecule has 1 unspecified atom stereocenters. The van der Waals surface area contributed by atoms with E-state index >= 15 is 0 Å². The number of fused-ring (bicyclic) bond motifs is 1. The Morgan fingerprint density at radius 1 is 1.29 bits per heavy atom. The average Bonchev–Trinajstić information content (AvgIpc) is 2.76. The lowest BCUT2D eigenvalue weighted by atomic mass is 10.2. The van der Waals surface area contributed by atoms with Crippen LogP contribution in [0.1, 0.15) is 19.8 Å². The zero-order valence-corrected chi connectivity index (χ0v) is 11.4. The molecule has 0 amide bonds. The molecule has 0 spiro atoms. The SMILES string of the molecule is CCNCCS(=O)(=O)N1CCN2CCCC2C1. The molecule has 2 fully saturated rings. The van der Waals surface area contributed by atoms with Crippen LogP contribution < -0.4 is 5.32 Å². The Morgan fingerprint density at radius 3 is 2.88 bits per heavy atom. The minimum Gasteiger partial charge on any atom is -0.316 e. The third-order valence-electron chi connectivity index (χ3n) is 3.73. The van der Waals surface area contributed by atoms with E-state index in [1.165, 1.54) is 6.42 Å². The fraction of sp³-hybridized carbons (Fsp3) is 1.00. The van der Waals surface area contributed by atoms with Crippen molar-refractivity contribution in [1.29, 1.82) is 0 Å². The van der Waals surface area contributed by atoms with Crippen LogP contribution in [0.3, 0.4) is 0 Å². The highest BCUT2D eigenvalue weighted by atomic mass is 32.2. The van der Waals surface area contributed by atoms with Crippen LogP contribution >= 0.6 is 0 Å². The Labute approximate surface area is 104 Å². The lowest BCUT2D eigenvalue weighted by Crippen LogP contribution is -2.52. The smallest absolute Gasteiger partial charge is 0.215 e. The monoisotopic (exact) mass is 261 g/mol. The predicted octanol–water partition coefficient (Wildman–Crippen LogP) is -0.294. The Hall–Kier alpha value is -0.170. The van der Waals surface area contributed by atoms with E-state index < -0.39 is 10.0 Å². The lowest BCUT2D eigenvalue weighted by Gasteiger charge is -2.36. The Morgan fingerprint density at radius 2 is 2.12 bits per heavy atom. The van der Waals surface area contributed by atoms with Gasteiger partial charge in [0.25, 0.3) is 0 Å². The van der Waals surface area contributed by atoms with Crippen molar-refractivity contribution in [2.24, 2.45) is 0 Å². The van der Waals surface area contributed by atoms with Crippen LogP contribution in [0.2, 0.25) is 0 Å². The molecule has 0 aromatic heterocycles. The van der Waals surface area contributed by atoms with Gasteiger partial charge in [0.1, 0.15) is 0 Å². The molecule has 2 saturated heterocycles. The molecule has 0 aromatic rings. The minimum absolute atomic E-state index is 0.230. The third-order valence-corrected chi connectivity index (χ3v) is 5.57. The molecule has 2 rings (SSSR count). The molecule has 0 radical (unpaired) electrons. The number of rotatable bonds is 5. The van der Waals surface area contributed by atoms with Crippen molar-refractivity contribution >= 4 is 10.0 Å². The number of hydrogen-bond acceptors (Lipinski definition) is 4. The predicted molar refractivity (Wildman–Crippen MR) is 68.5 cm³/mol. The van der Waals surface area contributed by atoms with E-state index in [0.717, 1.165) is 26.1 Å². The molecule has 100 valence electrons. The number of nitrogens with one attached hydrogen (secondary N) is 1. The Kier molecular flexibility index (Phi) is 4.41. The molecule has 5 nitrogen and oxygen atoms in total. The van der Waals surface area contributed by atoms with Gasteiger partial charge in [-0.2, -0.15) is 4.31 Å². The number of piperazine rings is 1. The van der Waals surface area contributed by atoms with Crippen LogP contribution in [-0.4, -0.2) is 68.7 Å². The summed E-state index contributed by atoms with van der Waals surface area (Å²) in [6.45, 7) is 6.81. The fourth-order valence-corrected chi connectivity index (χ4v) is 4.14. The van der Waals surface area contributed by atoms with Crippen molar-refractivity contribution in [2.45, 2.75) is 25.8 Å². The Balaban J connectivity index is 1.88. The summed E-state index contributed by atoms with van der Waals surface area (Å²) in [5.41, 5.74) is 0. The third kappa shape index (κ3) is 3.19. The van der Waals surface area contributed by atoms with Gasteiger partial charge in [0.2, 0.25) is 10.0 Å². The molecule has 0 aromatic carbocycles. The average molecular weight is 261 g/mol. The van der Waals surface area contributed by atoms with Crippen molar-refractivity contribution in [3.05, 3.63) is 0 Å². The molecule has 6 heteroatoms. The van der Waals surface area contributed by atoms with Gasteiger partial charge in [-0.25, -0.2) is 8.42 Å². The van der Waals surface area contributed by atoms with E-state index in [9.17, 15) is 8.42 Å². The first kappa shape index (κ1) is 13.3. The van der Waals surface area contributed by atoms with Gasteiger partial charge in [0.05, 0.1) is 5.75 Å². The topological polar surface area (TPSA) is 52.7 Å². The van der Waals surface area contributed by atoms with Gasteiger partial charge in [-0.1, -0.05) is 6.92 Å². The second-order valence-corrected chi connectivity index (χ2v) is 6.95. The number of hydrogen-bond donors (Lipinski definition) is 1. The normalized spacial score (nSPS) is 27.2. The fourth-order valence-electron chi connectivity index (χ4n) is 2.72. The summed E-state index contributed by atoms with van der Waals surface area (Å²) in [4.78, 5) is 2.43. The second kappa shape index (κ2) is 5.65. The van der Waals surface area contributed by atoms with E-state index in [4.69, 9.17) is 0 Å². The van der Waals surface area contributed by atoms with Gasteiger partial charge in [-0.05, 0) is 25.9 Å². The van der Waals surface area contributed by atoms with E-state index in [2.05, 4.69) is 10.2 Å². The van der Waals surface area contributed by atoms with Gasteiger partial charge in [-0.3, -0.25) is 4.90 Å². The molecular weight excluding hydrogens is 238 g/mol. The summed E-state index contributed by atoms with van der Waals surface area (Å²) >= 11 is 0. The van der Waals surface area contributed by atoms with Gasteiger partial charge in [-0.15, -0.1) is 0 Å². The van der Waals surface area contributed by atoms with Crippen molar-refractivity contribution in [3.8, 4) is 0 Å². The van der Waals surface area contributed by atoms with Crippen molar-refractivity contribution in [1.82, 2.24) is 14.5 Å². The zero-order chi connectivity index (χ0) is 12.3. The highest BCUT2D eigenvalue weighted by Crippen LogP contribution is 2.22. The summed E-state index contributed by atoms with van der Waals surface area (Å²) in [6, 6.07) is 0.470. The molecule has 2 aliphatic heterocycles. The van der Waals surface area contributed by atoms with Crippen LogP contribution in [0.5, 0.6) is 0 Å². The summed E-state index contributed by atoms with van der Waals surface area (Å²) in [5, 5.41) is 3.07. The van der Waals surface area contributed by atoms with Gasteiger partial charge in [0, 0.05) is 32.2 Å². The largest absolute Gasteiger partial charge is 0.316 e.